The number of rotatable bonds is 3. The lowest BCUT2D eigenvalue weighted by molar-refractivity contribution is 0.110. The van der Waals surface area contributed by atoms with Gasteiger partial charge in [0, 0.05) is 37.5 Å². The van der Waals surface area contributed by atoms with E-state index in [9.17, 15) is 0 Å². The Labute approximate surface area is 83.5 Å². The van der Waals surface area contributed by atoms with E-state index in [2.05, 4.69) is 9.97 Å². The molecule has 4 heteroatoms. The number of hydrogen-bond acceptors (Lipinski definition) is 4. The molecule has 0 bridgehead atoms. The third-order valence-electron chi connectivity index (χ3n) is 2.43. The predicted octanol–water partition coefficient (Wildman–Crippen LogP) is 0.657. The molecule has 0 saturated carbocycles. The predicted molar refractivity (Wildman–Crippen MR) is 52.6 cm³/mol. The van der Waals surface area contributed by atoms with Gasteiger partial charge in [-0.15, -0.1) is 0 Å². The highest BCUT2D eigenvalue weighted by molar-refractivity contribution is 5.04. The molecule has 2 rings (SSSR count). The second-order valence-corrected chi connectivity index (χ2v) is 3.55. The van der Waals surface area contributed by atoms with E-state index < -0.39 is 0 Å². The fourth-order valence-corrected chi connectivity index (χ4v) is 1.60. The van der Waals surface area contributed by atoms with Gasteiger partial charge in [0.2, 0.25) is 0 Å². The summed E-state index contributed by atoms with van der Waals surface area (Å²) in [4.78, 5) is 8.48. The van der Waals surface area contributed by atoms with Crippen LogP contribution in [-0.4, -0.2) is 22.7 Å². The molecule has 1 aromatic heterocycles. The zero-order valence-electron chi connectivity index (χ0n) is 8.15. The highest BCUT2D eigenvalue weighted by Crippen LogP contribution is 2.15. The van der Waals surface area contributed by atoms with Crippen LogP contribution in [0.4, 0.5) is 0 Å². The van der Waals surface area contributed by atoms with Crippen LogP contribution < -0.4 is 5.73 Å². The van der Waals surface area contributed by atoms with Crippen LogP contribution in [0, 0.1) is 0 Å². The Bertz CT molecular complexity index is 280. The molecule has 1 fully saturated rings. The summed E-state index contributed by atoms with van der Waals surface area (Å²) >= 11 is 0. The van der Waals surface area contributed by atoms with E-state index in [0.717, 1.165) is 37.3 Å². The molecule has 0 aliphatic carbocycles. The second-order valence-electron chi connectivity index (χ2n) is 3.55. The number of nitrogens with zero attached hydrogens (tertiary/aromatic N) is 2. The third kappa shape index (κ3) is 2.27. The lowest BCUT2D eigenvalue weighted by Gasteiger charge is -2.07. The summed E-state index contributed by atoms with van der Waals surface area (Å²) in [5.41, 5.74) is 6.43. The summed E-state index contributed by atoms with van der Waals surface area (Å²) < 4.78 is 5.51. The van der Waals surface area contributed by atoms with Gasteiger partial charge in [0.1, 0.15) is 5.82 Å². The van der Waals surface area contributed by atoms with Gasteiger partial charge in [-0.2, -0.15) is 0 Å². The van der Waals surface area contributed by atoms with Gasteiger partial charge in [-0.25, -0.2) is 9.97 Å². The molecular formula is C10H15N3O. The zero-order valence-corrected chi connectivity index (χ0v) is 8.15. The maximum absolute atomic E-state index is 5.51. The lowest BCUT2D eigenvalue weighted by Crippen LogP contribution is -2.12. The molecule has 0 radical (unpaired) electrons. The van der Waals surface area contributed by atoms with Gasteiger partial charge in [-0.1, -0.05) is 0 Å². The Morgan fingerprint density at radius 3 is 2.79 bits per heavy atom. The first-order valence-corrected chi connectivity index (χ1v) is 5.00. The number of ether oxygens (including phenoxy) is 1. The van der Waals surface area contributed by atoms with E-state index in [1.807, 2.05) is 0 Å². The summed E-state index contributed by atoms with van der Waals surface area (Å²) in [6, 6.07) is 0. The van der Waals surface area contributed by atoms with Gasteiger partial charge in [-0.3, -0.25) is 0 Å². The minimum absolute atomic E-state index is 0.318. The maximum Gasteiger partial charge on any atom is 0.130 e. The minimum atomic E-state index is 0.318. The number of hydrogen-bond donors (Lipinski definition) is 1. The molecule has 0 aromatic carbocycles. The summed E-state index contributed by atoms with van der Waals surface area (Å²) in [6.45, 7) is 1.38. The smallest absolute Gasteiger partial charge is 0.130 e. The molecule has 4 nitrogen and oxygen atoms in total. The Balaban J connectivity index is 1.95. The van der Waals surface area contributed by atoms with Crippen LogP contribution >= 0.6 is 0 Å². The second kappa shape index (κ2) is 4.48. The summed E-state index contributed by atoms with van der Waals surface area (Å²) in [6.07, 6.45) is 7.01. The molecule has 0 amide bonds. The highest BCUT2D eigenvalue weighted by Gasteiger charge is 2.16. The first-order chi connectivity index (χ1) is 6.88. The van der Waals surface area contributed by atoms with Gasteiger partial charge in [0.25, 0.3) is 0 Å². The largest absolute Gasteiger partial charge is 0.378 e. The van der Waals surface area contributed by atoms with E-state index in [0.29, 0.717) is 12.6 Å². The van der Waals surface area contributed by atoms with Crippen molar-refractivity contribution < 1.29 is 4.74 Å². The SMILES string of the molecule is NCc1cnc(CC2CCCO2)nc1. The number of aromatic nitrogens is 2. The van der Waals surface area contributed by atoms with Crippen molar-refractivity contribution in [2.45, 2.75) is 31.9 Å². The van der Waals surface area contributed by atoms with E-state index in [-0.39, 0.29) is 0 Å². The van der Waals surface area contributed by atoms with E-state index >= 15 is 0 Å². The quantitative estimate of drug-likeness (QED) is 0.766. The van der Waals surface area contributed by atoms with Crippen LogP contribution in [-0.2, 0) is 17.7 Å². The van der Waals surface area contributed by atoms with Crippen molar-refractivity contribution in [3.05, 3.63) is 23.8 Å². The fraction of sp³-hybridized carbons (Fsp3) is 0.600. The van der Waals surface area contributed by atoms with Gasteiger partial charge < -0.3 is 10.5 Å². The Morgan fingerprint density at radius 1 is 1.43 bits per heavy atom. The van der Waals surface area contributed by atoms with Crippen molar-refractivity contribution in [3.8, 4) is 0 Å². The van der Waals surface area contributed by atoms with Gasteiger partial charge in [0.05, 0.1) is 6.10 Å². The zero-order chi connectivity index (χ0) is 9.80. The molecular weight excluding hydrogens is 178 g/mol. The van der Waals surface area contributed by atoms with Crippen molar-refractivity contribution in [1.82, 2.24) is 9.97 Å². The average molecular weight is 193 g/mol. The van der Waals surface area contributed by atoms with Crippen LogP contribution in [0.15, 0.2) is 12.4 Å². The Kier molecular flexibility index (Phi) is 3.06. The first-order valence-electron chi connectivity index (χ1n) is 5.00. The molecule has 1 aliphatic heterocycles. The van der Waals surface area contributed by atoms with Crippen molar-refractivity contribution in [2.24, 2.45) is 5.73 Å². The van der Waals surface area contributed by atoms with Crippen LogP contribution in [0.3, 0.4) is 0 Å². The molecule has 2 N–H and O–H groups in total. The molecule has 1 atom stereocenters. The van der Waals surface area contributed by atoms with Gasteiger partial charge >= 0.3 is 0 Å². The van der Waals surface area contributed by atoms with Gasteiger partial charge in [-0.05, 0) is 12.8 Å². The third-order valence-corrected chi connectivity index (χ3v) is 2.43. The lowest BCUT2D eigenvalue weighted by atomic mass is 10.2. The monoisotopic (exact) mass is 193 g/mol. The van der Waals surface area contributed by atoms with E-state index in [1.165, 1.54) is 0 Å². The minimum Gasteiger partial charge on any atom is -0.378 e. The summed E-state index contributed by atoms with van der Waals surface area (Å²) in [5, 5.41) is 0. The fourth-order valence-electron chi connectivity index (χ4n) is 1.60. The Hall–Kier alpha value is -1.00. The molecule has 1 unspecified atom stereocenters. The number of nitrogens with two attached hydrogens (primary N) is 1. The summed E-state index contributed by atoms with van der Waals surface area (Å²) in [5.74, 6) is 0.856. The first kappa shape index (κ1) is 9.55. The molecule has 1 aromatic rings. The highest BCUT2D eigenvalue weighted by atomic mass is 16.5. The summed E-state index contributed by atoms with van der Waals surface area (Å²) in [7, 11) is 0. The molecule has 1 saturated heterocycles. The molecule has 76 valence electrons. The standard InChI is InChI=1S/C10H15N3O/c11-5-8-6-12-10(13-7-8)4-9-2-1-3-14-9/h6-7,9H,1-5,11H2. The van der Waals surface area contributed by atoms with Crippen LogP contribution in [0.2, 0.25) is 0 Å². The molecule has 1 aliphatic rings. The van der Waals surface area contributed by atoms with Crippen molar-refractivity contribution in [2.75, 3.05) is 6.61 Å². The molecule has 2 heterocycles. The van der Waals surface area contributed by atoms with Gasteiger partial charge in [0.15, 0.2) is 0 Å². The van der Waals surface area contributed by atoms with Crippen molar-refractivity contribution >= 4 is 0 Å². The van der Waals surface area contributed by atoms with E-state index in [4.69, 9.17) is 10.5 Å². The van der Waals surface area contributed by atoms with Crippen LogP contribution in [0.1, 0.15) is 24.2 Å². The van der Waals surface area contributed by atoms with Crippen LogP contribution in [0.25, 0.3) is 0 Å². The Morgan fingerprint density at radius 2 is 2.21 bits per heavy atom. The van der Waals surface area contributed by atoms with E-state index in [1.54, 1.807) is 12.4 Å². The average Bonchev–Trinajstić information content (AvgIpc) is 2.72. The normalized spacial score (nSPS) is 21.4. The molecule has 14 heavy (non-hydrogen) atoms. The van der Waals surface area contributed by atoms with Crippen molar-refractivity contribution in [3.63, 3.8) is 0 Å². The van der Waals surface area contributed by atoms with Crippen LogP contribution in [0.5, 0.6) is 0 Å². The topological polar surface area (TPSA) is 61.0 Å². The maximum atomic E-state index is 5.51. The molecule has 0 spiro atoms. The van der Waals surface area contributed by atoms with Crippen molar-refractivity contribution in [1.29, 1.82) is 0 Å².